The average molecular weight is 304 g/mol. The van der Waals surface area contributed by atoms with Crippen LogP contribution in [0.3, 0.4) is 0 Å². The number of carboxylic acid groups (broad SMARTS) is 1. The largest absolute Gasteiger partial charge is 0.481 e. The second kappa shape index (κ2) is 5.25. The number of carbonyl (C=O) groups is 1. The van der Waals surface area contributed by atoms with Crippen LogP contribution >= 0.6 is 0 Å². The van der Waals surface area contributed by atoms with Crippen molar-refractivity contribution in [2.24, 2.45) is 5.41 Å². The second-order valence-electron chi connectivity index (χ2n) is 4.74. The minimum absolute atomic E-state index is 0.00998. The smallest absolute Gasteiger partial charge is 0.402 e. The number of piperidine rings is 1. The zero-order chi connectivity index (χ0) is 14.9. The van der Waals surface area contributed by atoms with E-state index in [-0.39, 0.29) is 25.9 Å². The minimum atomic E-state index is -4.65. The first-order valence-corrected chi connectivity index (χ1v) is 6.95. The van der Waals surface area contributed by atoms with E-state index >= 15 is 0 Å². The highest BCUT2D eigenvalue weighted by Gasteiger charge is 2.42. The van der Waals surface area contributed by atoms with Crippen LogP contribution in [0.15, 0.2) is 0 Å². The molecule has 0 aromatic rings. The molecule has 2 N–H and O–H groups in total. The Morgan fingerprint density at radius 2 is 2.05 bits per heavy atom. The van der Waals surface area contributed by atoms with Gasteiger partial charge in [-0.15, -0.1) is 0 Å². The highest BCUT2D eigenvalue weighted by atomic mass is 32.2. The lowest BCUT2D eigenvalue weighted by molar-refractivity contribution is -0.150. The van der Waals surface area contributed by atoms with E-state index in [1.54, 1.807) is 0 Å². The number of alkyl halides is 3. The molecule has 6 nitrogen and oxygen atoms in total. The van der Waals surface area contributed by atoms with Gasteiger partial charge in [-0.25, -0.2) is 0 Å². The lowest BCUT2D eigenvalue weighted by atomic mass is 9.83. The summed E-state index contributed by atoms with van der Waals surface area (Å²) < 4.78 is 61.5. The van der Waals surface area contributed by atoms with Crippen molar-refractivity contribution in [3.8, 4) is 0 Å². The molecule has 1 saturated heterocycles. The van der Waals surface area contributed by atoms with E-state index in [2.05, 4.69) is 0 Å². The Labute approximate surface area is 108 Å². The topological polar surface area (TPSA) is 86.7 Å². The highest BCUT2D eigenvalue weighted by Crippen LogP contribution is 2.30. The summed E-state index contributed by atoms with van der Waals surface area (Å²) in [6, 6.07) is 0. The maximum atomic E-state index is 12.0. The van der Waals surface area contributed by atoms with Gasteiger partial charge in [0.1, 0.15) is 6.54 Å². The van der Waals surface area contributed by atoms with Gasteiger partial charge in [-0.2, -0.15) is 30.6 Å². The predicted octanol–water partition coefficient (Wildman–Crippen LogP) is 0.570. The van der Waals surface area contributed by atoms with Gasteiger partial charge in [0.05, 0.1) is 5.41 Å². The van der Waals surface area contributed by atoms with Crippen molar-refractivity contribution in [3.05, 3.63) is 0 Å². The molecule has 0 saturated carbocycles. The quantitative estimate of drug-likeness (QED) is 0.795. The molecule has 0 bridgehead atoms. The normalized spacial score (nSPS) is 26.3. The van der Waals surface area contributed by atoms with E-state index in [0.717, 1.165) is 4.31 Å². The molecule has 10 heteroatoms. The molecule has 0 aromatic heterocycles. The molecule has 1 aliphatic heterocycles. The number of hydrogen-bond donors (Lipinski definition) is 2. The van der Waals surface area contributed by atoms with E-state index in [4.69, 9.17) is 5.11 Å². The minimum Gasteiger partial charge on any atom is -0.481 e. The van der Waals surface area contributed by atoms with E-state index in [1.807, 2.05) is 0 Å². The Balaban J connectivity index is 2.76. The lowest BCUT2D eigenvalue weighted by Gasteiger charge is -2.36. The number of rotatable bonds is 4. The van der Waals surface area contributed by atoms with Crippen molar-refractivity contribution < 1.29 is 31.5 Å². The molecule has 0 spiro atoms. The van der Waals surface area contributed by atoms with Crippen LogP contribution in [0.25, 0.3) is 0 Å². The van der Waals surface area contributed by atoms with Crippen LogP contribution in [0.2, 0.25) is 0 Å². The van der Waals surface area contributed by atoms with E-state index in [1.165, 1.54) is 11.6 Å². The van der Waals surface area contributed by atoms with Crippen molar-refractivity contribution in [3.63, 3.8) is 0 Å². The summed E-state index contributed by atoms with van der Waals surface area (Å²) in [4.78, 5) is 11.0. The van der Waals surface area contributed by atoms with Gasteiger partial charge in [0, 0.05) is 13.1 Å². The Hall–Kier alpha value is -0.870. The van der Waals surface area contributed by atoms with Crippen LogP contribution in [0.5, 0.6) is 0 Å². The number of halogens is 3. The number of nitrogens with zero attached hydrogens (tertiary/aromatic N) is 1. The molecule has 1 aliphatic rings. The number of carboxylic acids is 1. The monoisotopic (exact) mass is 304 g/mol. The first-order chi connectivity index (χ1) is 8.46. The molecule has 1 atom stereocenters. The molecule has 19 heavy (non-hydrogen) atoms. The standard InChI is InChI=1S/C9H15F3N2O4S/c1-8(7(15)16)3-2-4-14(6-8)19(17,18)13-5-9(10,11)12/h13H,2-6H2,1H3,(H,15,16). The lowest BCUT2D eigenvalue weighted by Crippen LogP contribution is -2.52. The zero-order valence-electron chi connectivity index (χ0n) is 10.2. The van der Waals surface area contributed by atoms with Crippen LogP contribution in [0.4, 0.5) is 13.2 Å². The molecule has 0 aliphatic carbocycles. The molecular formula is C9H15F3N2O4S. The Morgan fingerprint density at radius 3 is 2.53 bits per heavy atom. The van der Waals surface area contributed by atoms with Crippen LogP contribution in [-0.4, -0.2) is 49.6 Å². The maximum absolute atomic E-state index is 12.0. The van der Waals surface area contributed by atoms with Gasteiger partial charge in [0.15, 0.2) is 0 Å². The number of hydrogen-bond acceptors (Lipinski definition) is 3. The van der Waals surface area contributed by atoms with Gasteiger partial charge in [0.25, 0.3) is 10.2 Å². The summed E-state index contributed by atoms with van der Waals surface area (Å²) >= 11 is 0. The van der Waals surface area contributed by atoms with Crippen molar-refractivity contribution in [1.29, 1.82) is 0 Å². The SMILES string of the molecule is CC1(C(=O)O)CCCN(S(=O)(=O)NCC(F)(F)F)C1. The summed E-state index contributed by atoms with van der Waals surface area (Å²) in [5.74, 6) is -1.16. The Bertz CT molecular complexity index is 451. The molecule has 0 amide bonds. The summed E-state index contributed by atoms with van der Waals surface area (Å²) in [5, 5.41) is 9.02. The van der Waals surface area contributed by atoms with Crippen molar-refractivity contribution in [2.45, 2.75) is 25.9 Å². The first-order valence-electron chi connectivity index (χ1n) is 5.51. The van der Waals surface area contributed by atoms with Crippen molar-refractivity contribution >= 4 is 16.2 Å². The van der Waals surface area contributed by atoms with Crippen LogP contribution in [0, 0.1) is 5.41 Å². The van der Waals surface area contributed by atoms with E-state index in [0.29, 0.717) is 0 Å². The second-order valence-corrected chi connectivity index (χ2v) is 6.50. The van der Waals surface area contributed by atoms with E-state index in [9.17, 15) is 26.4 Å². The first kappa shape index (κ1) is 16.2. The van der Waals surface area contributed by atoms with E-state index < -0.39 is 34.3 Å². The molecule has 0 aromatic carbocycles. The fraction of sp³-hybridized carbons (Fsp3) is 0.889. The molecule has 0 radical (unpaired) electrons. The fourth-order valence-corrected chi connectivity index (χ4v) is 3.19. The predicted molar refractivity (Wildman–Crippen MR) is 59.5 cm³/mol. The third-order valence-electron chi connectivity index (χ3n) is 2.97. The van der Waals surface area contributed by atoms with Crippen LogP contribution in [0.1, 0.15) is 19.8 Å². The van der Waals surface area contributed by atoms with Crippen LogP contribution in [-0.2, 0) is 15.0 Å². The van der Waals surface area contributed by atoms with Crippen molar-refractivity contribution in [2.75, 3.05) is 19.6 Å². The summed E-state index contributed by atoms with van der Waals surface area (Å²) in [6.45, 7) is -0.623. The van der Waals surface area contributed by atoms with Crippen LogP contribution < -0.4 is 4.72 Å². The van der Waals surface area contributed by atoms with Gasteiger partial charge in [-0.1, -0.05) is 0 Å². The Kier molecular flexibility index (Phi) is 4.47. The molecular weight excluding hydrogens is 289 g/mol. The third-order valence-corrected chi connectivity index (χ3v) is 4.47. The van der Waals surface area contributed by atoms with Gasteiger partial charge < -0.3 is 5.11 Å². The Morgan fingerprint density at radius 1 is 1.47 bits per heavy atom. The van der Waals surface area contributed by atoms with Gasteiger partial charge >= 0.3 is 12.1 Å². The van der Waals surface area contributed by atoms with Crippen molar-refractivity contribution in [1.82, 2.24) is 9.03 Å². The molecule has 1 fully saturated rings. The maximum Gasteiger partial charge on any atom is 0.402 e. The fourth-order valence-electron chi connectivity index (χ4n) is 1.84. The summed E-state index contributed by atoms with van der Waals surface area (Å²) in [7, 11) is -4.32. The number of aliphatic carboxylic acids is 1. The van der Waals surface area contributed by atoms with Gasteiger partial charge in [-0.05, 0) is 19.8 Å². The molecule has 1 unspecified atom stereocenters. The van der Waals surface area contributed by atoms with Gasteiger partial charge in [0.2, 0.25) is 0 Å². The average Bonchev–Trinajstić information content (AvgIpc) is 2.26. The summed E-state index contributed by atoms with van der Waals surface area (Å²) in [6.07, 6.45) is -4.08. The van der Waals surface area contributed by atoms with Gasteiger partial charge in [-0.3, -0.25) is 4.79 Å². The zero-order valence-corrected chi connectivity index (χ0v) is 11.0. The summed E-state index contributed by atoms with van der Waals surface area (Å²) in [5.41, 5.74) is -1.27. The highest BCUT2D eigenvalue weighted by molar-refractivity contribution is 7.87. The molecule has 112 valence electrons. The number of nitrogens with one attached hydrogen (secondary N) is 1. The third kappa shape index (κ3) is 4.32. The molecule has 1 rings (SSSR count). The molecule has 1 heterocycles.